The molecule has 0 saturated carbocycles. The van der Waals surface area contributed by atoms with Crippen LogP contribution < -0.4 is 0 Å². The highest BCUT2D eigenvalue weighted by molar-refractivity contribution is 5.76. The average molecular weight is 242 g/mol. The Hall–Kier alpha value is -1.46. The molecule has 1 atom stereocenters. The number of esters is 1. The van der Waals surface area contributed by atoms with Crippen LogP contribution in [0.3, 0.4) is 0 Å². The van der Waals surface area contributed by atoms with Crippen LogP contribution in [-0.4, -0.2) is 24.8 Å². The van der Waals surface area contributed by atoms with Gasteiger partial charge in [0.2, 0.25) is 0 Å². The average Bonchev–Trinajstić information content (AvgIpc) is 2.31. The zero-order valence-corrected chi connectivity index (χ0v) is 9.77. The molecule has 1 rings (SSSR count). The van der Waals surface area contributed by atoms with Crippen LogP contribution in [0.4, 0.5) is 4.39 Å². The summed E-state index contributed by atoms with van der Waals surface area (Å²) in [5, 5.41) is 9.59. The fraction of sp³-hybridized carbons (Fsp3) is 0.417. The number of rotatable bonds is 5. The van der Waals surface area contributed by atoms with Gasteiger partial charge in [-0.1, -0.05) is 12.1 Å². The first kappa shape index (κ1) is 13.6. The van der Waals surface area contributed by atoms with E-state index >= 15 is 0 Å². The summed E-state index contributed by atoms with van der Waals surface area (Å²) in [6, 6.07) is 4.05. The van der Waals surface area contributed by atoms with Gasteiger partial charge in [-0.25, -0.2) is 9.18 Å². The third-order valence-corrected chi connectivity index (χ3v) is 2.20. The molecule has 1 unspecified atom stereocenters. The molecule has 1 aromatic carbocycles. The zero-order valence-electron chi connectivity index (χ0n) is 9.77. The molecule has 0 aromatic heterocycles. The standard InChI is InChI=1S/C12H15FO4/c1-3-17-12(15)11(14)8-4-5-9(7-16-2)10(13)6-8/h4-6,11,14H,3,7H2,1-2H3. The Balaban J connectivity index is 2.85. The number of halogens is 1. The van der Waals surface area contributed by atoms with Crippen molar-refractivity contribution in [3.63, 3.8) is 0 Å². The summed E-state index contributed by atoms with van der Waals surface area (Å²) < 4.78 is 22.9. The van der Waals surface area contributed by atoms with Gasteiger partial charge in [0.1, 0.15) is 5.82 Å². The second-order valence-corrected chi connectivity index (χ2v) is 3.44. The largest absolute Gasteiger partial charge is 0.464 e. The van der Waals surface area contributed by atoms with Gasteiger partial charge < -0.3 is 14.6 Å². The van der Waals surface area contributed by atoms with Gasteiger partial charge in [0.05, 0.1) is 13.2 Å². The third kappa shape index (κ3) is 3.51. The lowest BCUT2D eigenvalue weighted by Gasteiger charge is -2.11. The number of hydrogen-bond donors (Lipinski definition) is 1. The Labute approximate surface area is 99.0 Å². The lowest BCUT2D eigenvalue weighted by atomic mass is 10.1. The highest BCUT2D eigenvalue weighted by Crippen LogP contribution is 2.18. The highest BCUT2D eigenvalue weighted by atomic mass is 19.1. The van der Waals surface area contributed by atoms with E-state index in [1.54, 1.807) is 6.92 Å². The van der Waals surface area contributed by atoms with E-state index in [9.17, 15) is 14.3 Å². The minimum Gasteiger partial charge on any atom is -0.464 e. The molecule has 4 nitrogen and oxygen atoms in total. The van der Waals surface area contributed by atoms with E-state index in [0.29, 0.717) is 5.56 Å². The first-order chi connectivity index (χ1) is 8.10. The van der Waals surface area contributed by atoms with Crippen LogP contribution in [0.15, 0.2) is 18.2 Å². The minimum absolute atomic E-state index is 0.140. The normalized spacial score (nSPS) is 12.2. The predicted octanol–water partition coefficient (Wildman–Crippen LogP) is 1.57. The Bertz CT molecular complexity index is 392. The van der Waals surface area contributed by atoms with Gasteiger partial charge in [-0.3, -0.25) is 0 Å². The van der Waals surface area contributed by atoms with Crippen LogP contribution in [0.5, 0.6) is 0 Å². The Morgan fingerprint density at radius 3 is 2.76 bits per heavy atom. The van der Waals surface area contributed by atoms with Crippen molar-refractivity contribution in [2.24, 2.45) is 0 Å². The monoisotopic (exact) mass is 242 g/mol. The summed E-state index contributed by atoms with van der Waals surface area (Å²) in [6.45, 7) is 1.94. The quantitative estimate of drug-likeness (QED) is 0.796. The van der Waals surface area contributed by atoms with Gasteiger partial charge in [0.25, 0.3) is 0 Å². The number of methoxy groups -OCH3 is 1. The van der Waals surface area contributed by atoms with Gasteiger partial charge in [-0.15, -0.1) is 0 Å². The smallest absolute Gasteiger partial charge is 0.339 e. The second kappa shape index (κ2) is 6.32. The van der Waals surface area contributed by atoms with Crippen LogP contribution >= 0.6 is 0 Å². The van der Waals surface area contributed by atoms with Crippen molar-refractivity contribution < 1.29 is 23.8 Å². The van der Waals surface area contributed by atoms with E-state index in [0.717, 1.165) is 6.07 Å². The molecule has 0 aliphatic rings. The summed E-state index contributed by atoms with van der Waals surface area (Å²) in [7, 11) is 1.46. The lowest BCUT2D eigenvalue weighted by Crippen LogP contribution is -2.15. The number of aliphatic hydroxyl groups is 1. The van der Waals surface area contributed by atoms with Gasteiger partial charge >= 0.3 is 5.97 Å². The molecule has 0 fully saturated rings. The maximum Gasteiger partial charge on any atom is 0.339 e. The maximum absolute atomic E-state index is 13.5. The summed E-state index contributed by atoms with van der Waals surface area (Å²) >= 11 is 0. The van der Waals surface area contributed by atoms with Crippen molar-refractivity contribution in [2.75, 3.05) is 13.7 Å². The van der Waals surface area contributed by atoms with E-state index in [1.165, 1.54) is 19.2 Å². The van der Waals surface area contributed by atoms with E-state index in [1.807, 2.05) is 0 Å². The van der Waals surface area contributed by atoms with Crippen molar-refractivity contribution >= 4 is 5.97 Å². The van der Waals surface area contributed by atoms with Crippen molar-refractivity contribution in [1.82, 2.24) is 0 Å². The molecule has 0 radical (unpaired) electrons. The predicted molar refractivity (Wildman–Crippen MR) is 58.7 cm³/mol. The summed E-state index contributed by atoms with van der Waals surface area (Å²) in [6.07, 6.45) is -1.46. The number of carbonyl (C=O) groups is 1. The van der Waals surface area contributed by atoms with Crippen molar-refractivity contribution in [3.05, 3.63) is 35.1 Å². The molecule has 0 aliphatic heterocycles. The summed E-state index contributed by atoms with van der Waals surface area (Å²) in [5.74, 6) is -1.31. The molecule has 0 bridgehead atoms. The molecule has 1 aromatic rings. The molecule has 0 amide bonds. The van der Waals surface area contributed by atoms with Crippen molar-refractivity contribution in [1.29, 1.82) is 0 Å². The number of ether oxygens (including phenoxy) is 2. The van der Waals surface area contributed by atoms with E-state index in [-0.39, 0.29) is 18.8 Å². The lowest BCUT2D eigenvalue weighted by molar-refractivity contribution is -0.153. The number of carbonyl (C=O) groups excluding carboxylic acids is 1. The van der Waals surface area contributed by atoms with Crippen LogP contribution in [-0.2, 0) is 20.9 Å². The molecule has 0 heterocycles. The first-order valence-electron chi connectivity index (χ1n) is 5.22. The van der Waals surface area contributed by atoms with Crippen molar-refractivity contribution in [3.8, 4) is 0 Å². The van der Waals surface area contributed by atoms with Gasteiger partial charge in [-0.2, -0.15) is 0 Å². The molecule has 17 heavy (non-hydrogen) atoms. The topological polar surface area (TPSA) is 55.8 Å². The van der Waals surface area contributed by atoms with E-state index in [4.69, 9.17) is 4.74 Å². The van der Waals surface area contributed by atoms with Crippen molar-refractivity contribution in [2.45, 2.75) is 19.6 Å². The van der Waals surface area contributed by atoms with Gasteiger partial charge in [0, 0.05) is 12.7 Å². The Morgan fingerprint density at radius 1 is 1.53 bits per heavy atom. The van der Waals surface area contributed by atoms with E-state index < -0.39 is 17.9 Å². The molecule has 0 aliphatic carbocycles. The molecule has 0 saturated heterocycles. The van der Waals surface area contributed by atoms with E-state index in [2.05, 4.69) is 4.74 Å². The number of aliphatic hydroxyl groups excluding tert-OH is 1. The fourth-order valence-electron chi connectivity index (χ4n) is 1.36. The molecule has 5 heteroatoms. The fourth-order valence-corrected chi connectivity index (χ4v) is 1.36. The SMILES string of the molecule is CCOC(=O)C(O)c1ccc(COC)c(F)c1. The maximum atomic E-state index is 13.5. The highest BCUT2D eigenvalue weighted by Gasteiger charge is 2.19. The second-order valence-electron chi connectivity index (χ2n) is 3.44. The minimum atomic E-state index is -1.46. The number of hydrogen-bond acceptors (Lipinski definition) is 4. The first-order valence-corrected chi connectivity index (χ1v) is 5.22. The van der Waals surface area contributed by atoms with Crippen LogP contribution in [0, 0.1) is 5.82 Å². The summed E-state index contributed by atoms with van der Waals surface area (Å²) in [5.41, 5.74) is 0.535. The van der Waals surface area contributed by atoms with Crippen LogP contribution in [0.2, 0.25) is 0 Å². The molecule has 0 spiro atoms. The van der Waals surface area contributed by atoms with Crippen LogP contribution in [0.1, 0.15) is 24.2 Å². The summed E-state index contributed by atoms with van der Waals surface area (Å²) in [4.78, 5) is 11.2. The van der Waals surface area contributed by atoms with Crippen LogP contribution in [0.25, 0.3) is 0 Å². The Morgan fingerprint density at radius 2 is 2.24 bits per heavy atom. The van der Waals surface area contributed by atoms with Gasteiger partial charge in [0.15, 0.2) is 6.10 Å². The molecule has 1 N–H and O–H groups in total. The van der Waals surface area contributed by atoms with Gasteiger partial charge in [-0.05, 0) is 18.6 Å². The zero-order chi connectivity index (χ0) is 12.8. The Kier molecular flexibility index (Phi) is 5.06. The molecule has 94 valence electrons. The number of benzene rings is 1. The third-order valence-electron chi connectivity index (χ3n) is 2.20. The molecular weight excluding hydrogens is 227 g/mol. The molecular formula is C12H15FO4.